The van der Waals surface area contributed by atoms with Gasteiger partial charge in [-0.1, -0.05) is 31.2 Å². The highest BCUT2D eigenvalue weighted by Gasteiger charge is 2.15. The monoisotopic (exact) mass is 291 g/mol. The Bertz CT molecular complexity index is 696. The molecule has 0 unspecified atom stereocenters. The van der Waals surface area contributed by atoms with Crippen molar-refractivity contribution < 1.29 is 13.5 Å². The number of hydrogen-bond donors (Lipinski definition) is 2. The number of phenols is 1. The molecule has 0 aliphatic heterocycles. The highest BCUT2D eigenvalue weighted by atomic mass is 32.2. The Kier molecular flexibility index (Phi) is 4.29. The number of sulfone groups is 1. The molecule has 2 N–H and O–H groups in total. The summed E-state index contributed by atoms with van der Waals surface area (Å²) in [5, 5.41) is 12.5. The van der Waals surface area contributed by atoms with E-state index >= 15 is 0 Å². The van der Waals surface area contributed by atoms with Crippen molar-refractivity contribution in [1.82, 2.24) is 0 Å². The molecule has 0 amide bonds. The van der Waals surface area contributed by atoms with E-state index in [-0.39, 0.29) is 11.5 Å². The van der Waals surface area contributed by atoms with Gasteiger partial charge in [0, 0.05) is 6.54 Å². The first-order valence-electron chi connectivity index (χ1n) is 6.36. The van der Waals surface area contributed by atoms with Crippen LogP contribution in [-0.2, 0) is 16.4 Å². The molecule has 0 atom stereocenters. The summed E-state index contributed by atoms with van der Waals surface area (Å²) in [6, 6.07) is 13.7. The third-order valence-electron chi connectivity index (χ3n) is 3.00. The molecule has 0 aromatic heterocycles. The Hall–Kier alpha value is -2.01. The largest absolute Gasteiger partial charge is 0.508 e. The Morgan fingerprint density at radius 3 is 2.55 bits per heavy atom. The molecule has 106 valence electrons. The molecule has 2 rings (SSSR count). The predicted octanol–water partition coefficient (Wildman–Crippen LogP) is 2.80. The smallest absolute Gasteiger partial charge is 0.180 e. The molecule has 0 aliphatic rings. The number of nitrogens with one attached hydrogen (secondary N) is 1. The van der Waals surface area contributed by atoms with Crippen molar-refractivity contribution in [3.05, 3.63) is 54.1 Å². The summed E-state index contributed by atoms with van der Waals surface area (Å²) in [6.07, 6.45) is 0. The molecule has 5 heteroatoms. The highest BCUT2D eigenvalue weighted by Crippen LogP contribution is 2.23. The van der Waals surface area contributed by atoms with Gasteiger partial charge in [-0.3, -0.25) is 0 Å². The zero-order valence-electron chi connectivity index (χ0n) is 11.2. The summed E-state index contributed by atoms with van der Waals surface area (Å²) < 4.78 is 24.0. The van der Waals surface area contributed by atoms with Crippen LogP contribution in [0.15, 0.2) is 53.4 Å². The lowest BCUT2D eigenvalue weighted by atomic mass is 10.2. The van der Waals surface area contributed by atoms with Crippen LogP contribution in [0.2, 0.25) is 0 Å². The molecule has 20 heavy (non-hydrogen) atoms. The first-order chi connectivity index (χ1) is 9.53. The van der Waals surface area contributed by atoms with Crippen LogP contribution in [0.25, 0.3) is 0 Å². The summed E-state index contributed by atoms with van der Waals surface area (Å²) in [6.45, 7) is 2.08. The Morgan fingerprint density at radius 1 is 1.10 bits per heavy atom. The SMILES string of the molecule is CCS(=O)(=O)c1ccccc1NCc1cccc(O)c1. The van der Waals surface area contributed by atoms with Crippen molar-refractivity contribution in [3.8, 4) is 5.75 Å². The third-order valence-corrected chi connectivity index (χ3v) is 4.78. The zero-order chi connectivity index (χ0) is 14.6. The maximum atomic E-state index is 12.0. The molecular formula is C15H17NO3S. The van der Waals surface area contributed by atoms with E-state index in [0.29, 0.717) is 17.1 Å². The lowest BCUT2D eigenvalue weighted by Crippen LogP contribution is -2.09. The lowest BCUT2D eigenvalue weighted by molar-refractivity contribution is 0.474. The van der Waals surface area contributed by atoms with E-state index in [0.717, 1.165) is 5.56 Å². The summed E-state index contributed by atoms with van der Waals surface area (Å²) in [5.74, 6) is 0.261. The number of benzene rings is 2. The van der Waals surface area contributed by atoms with Crippen molar-refractivity contribution in [2.24, 2.45) is 0 Å². The van der Waals surface area contributed by atoms with Gasteiger partial charge in [0.2, 0.25) is 0 Å². The maximum Gasteiger partial charge on any atom is 0.180 e. The van der Waals surface area contributed by atoms with Crippen molar-refractivity contribution in [3.63, 3.8) is 0 Å². The quantitative estimate of drug-likeness (QED) is 0.889. The van der Waals surface area contributed by atoms with Crippen LogP contribution in [-0.4, -0.2) is 19.3 Å². The normalized spacial score (nSPS) is 11.2. The minimum absolute atomic E-state index is 0.0673. The van der Waals surface area contributed by atoms with Crippen LogP contribution in [0.3, 0.4) is 0 Å². The van der Waals surface area contributed by atoms with Gasteiger partial charge < -0.3 is 10.4 Å². The van der Waals surface area contributed by atoms with Crippen LogP contribution in [0.4, 0.5) is 5.69 Å². The molecule has 2 aromatic carbocycles. The van der Waals surface area contributed by atoms with Crippen LogP contribution < -0.4 is 5.32 Å². The summed E-state index contributed by atoms with van der Waals surface area (Å²) in [5.41, 5.74) is 1.46. The summed E-state index contributed by atoms with van der Waals surface area (Å²) in [7, 11) is -3.25. The molecule has 0 saturated carbocycles. The average Bonchev–Trinajstić information content (AvgIpc) is 2.45. The second kappa shape index (κ2) is 5.96. The molecule has 4 nitrogen and oxygen atoms in total. The van der Waals surface area contributed by atoms with Gasteiger partial charge >= 0.3 is 0 Å². The first-order valence-corrected chi connectivity index (χ1v) is 8.01. The van der Waals surface area contributed by atoms with Gasteiger partial charge in [0.05, 0.1) is 16.3 Å². The molecule has 2 aromatic rings. The molecule has 0 bridgehead atoms. The van der Waals surface area contributed by atoms with E-state index in [1.807, 2.05) is 6.07 Å². The van der Waals surface area contributed by atoms with Crippen molar-refractivity contribution in [2.45, 2.75) is 18.4 Å². The number of phenolic OH excluding ortho intramolecular Hbond substituents is 1. The van der Waals surface area contributed by atoms with E-state index < -0.39 is 9.84 Å². The van der Waals surface area contributed by atoms with E-state index in [9.17, 15) is 13.5 Å². The van der Waals surface area contributed by atoms with E-state index in [1.54, 1.807) is 49.4 Å². The van der Waals surface area contributed by atoms with Gasteiger partial charge in [-0.25, -0.2) is 8.42 Å². The molecule has 0 spiro atoms. The first kappa shape index (κ1) is 14.4. The lowest BCUT2D eigenvalue weighted by Gasteiger charge is -2.12. The van der Waals surface area contributed by atoms with Crippen LogP contribution in [0.1, 0.15) is 12.5 Å². The topological polar surface area (TPSA) is 66.4 Å². The van der Waals surface area contributed by atoms with Gasteiger partial charge in [-0.15, -0.1) is 0 Å². The second-order valence-electron chi connectivity index (χ2n) is 4.42. The number of aromatic hydroxyl groups is 1. The van der Waals surface area contributed by atoms with Crippen LogP contribution >= 0.6 is 0 Å². The van der Waals surface area contributed by atoms with Crippen molar-refractivity contribution in [1.29, 1.82) is 0 Å². The average molecular weight is 291 g/mol. The highest BCUT2D eigenvalue weighted by molar-refractivity contribution is 7.91. The van der Waals surface area contributed by atoms with Gasteiger partial charge in [-0.2, -0.15) is 0 Å². The minimum atomic E-state index is -3.25. The van der Waals surface area contributed by atoms with Gasteiger partial charge in [0.15, 0.2) is 9.84 Å². The van der Waals surface area contributed by atoms with E-state index in [2.05, 4.69) is 5.32 Å². The van der Waals surface area contributed by atoms with Crippen LogP contribution in [0.5, 0.6) is 5.75 Å². The predicted molar refractivity (Wildman–Crippen MR) is 79.6 cm³/mol. The number of rotatable bonds is 5. The number of anilines is 1. The third kappa shape index (κ3) is 3.30. The Balaban J connectivity index is 2.22. The Labute approximate surface area is 119 Å². The second-order valence-corrected chi connectivity index (χ2v) is 6.67. The van der Waals surface area contributed by atoms with Gasteiger partial charge in [0.1, 0.15) is 5.75 Å². The molecule has 0 heterocycles. The fraction of sp³-hybridized carbons (Fsp3) is 0.200. The Morgan fingerprint density at radius 2 is 1.85 bits per heavy atom. The van der Waals surface area contributed by atoms with E-state index in [1.165, 1.54) is 0 Å². The summed E-state index contributed by atoms with van der Waals surface area (Å²) in [4.78, 5) is 0.308. The molecule has 0 fully saturated rings. The van der Waals surface area contributed by atoms with Crippen molar-refractivity contribution in [2.75, 3.05) is 11.1 Å². The van der Waals surface area contributed by atoms with Crippen LogP contribution in [0, 0.1) is 0 Å². The minimum Gasteiger partial charge on any atom is -0.508 e. The number of para-hydroxylation sites is 1. The van der Waals surface area contributed by atoms with Gasteiger partial charge in [-0.05, 0) is 29.8 Å². The fourth-order valence-electron chi connectivity index (χ4n) is 1.90. The molecule has 0 saturated heterocycles. The van der Waals surface area contributed by atoms with Gasteiger partial charge in [0.25, 0.3) is 0 Å². The molecular weight excluding hydrogens is 274 g/mol. The maximum absolute atomic E-state index is 12.0. The van der Waals surface area contributed by atoms with E-state index in [4.69, 9.17) is 0 Å². The number of hydrogen-bond acceptors (Lipinski definition) is 4. The zero-order valence-corrected chi connectivity index (χ0v) is 12.0. The molecule has 0 aliphatic carbocycles. The van der Waals surface area contributed by atoms with Crippen molar-refractivity contribution >= 4 is 15.5 Å². The fourth-order valence-corrected chi connectivity index (χ4v) is 2.98. The molecule has 0 radical (unpaired) electrons. The standard InChI is InChI=1S/C15H17NO3S/c1-2-20(18,19)15-9-4-3-8-14(15)16-11-12-6-5-7-13(17)10-12/h3-10,16-17H,2,11H2,1H3. The summed E-state index contributed by atoms with van der Waals surface area (Å²) >= 11 is 0.